The zero-order valence-corrected chi connectivity index (χ0v) is 13.5. The SMILES string of the molecule is COc1ccc(C(F)(F)F)cc1NC(=O)c1cccc2ccn(C)c12. The van der Waals surface area contributed by atoms with E-state index in [1.807, 2.05) is 18.3 Å². The van der Waals surface area contributed by atoms with Gasteiger partial charge in [0.2, 0.25) is 0 Å². The maximum Gasteiger partial charge on any atom is 0.416 e. The van der Waals surface area contributed by atoms with Crippen molar-refractivity contribution in [3.63, 3.8) is 0 Å². The Kier molecular flexibility index (Phi) is 4.16. The molecule has 25 heavy (non-hydrogen) atoms. The number of nitrogens with one attached hydrogen (secondary N) is 1. The fraction of sp³-hybridized carbons (Fsp3) is 0.167. The van der Waals surface area contributed by atoms with E-state index >= 15 is 0 Å². The number of carbonyl (C=O) groups is 1. The Labute approximate surface area is 141 Å². The maximum absolute atomic E-state index is 12.9. The molecule has 1 aromatic heterocycles. The number of amides is 1. The number of aromatic nitrogens is 1. The normalized spacial score (nSPS) is 11.6. The Bertz CT molecular complexity index is 945. The van der Waals surface area contributed by atoms with E-state index in [1.165, 1.54) is 13.2 Å². The summed E-state index contributed by atoms with van der Waals surface area (Å²) in [5.41, 5.74) is 0.171. The van der Waals surface area contributed by atoms with Gasteiger partial charge < -0.3 is 14.6 Å². The van der Waals surface area contributed by atoms with E-state index in [2.05, 4.69) is 5.32 Å². The Balaban J connectivity index is 2.01. The van der Waals surface area contributed by atoms with Gasteiger partial charge in [0.05, 0.1) is 29.4 Å². The molecule has 0 aliphatic heterocycles. The van der Waals surface area contributed by atoms with Crippen LogP contribution in [0.15, 0.2) is 48.7 Å². The molecule has 0 saturated heterocycles. The topological polar surface area (TPSA) is 43.3 Å². The number of hydrogen-bond donors (Lipinski definition) is 1. The molecule has 0 fully saturated rings. The minimum atomic E-state index is -4.51. The summed E-state index contributed by atoms with van der Waals surface area (Å²) in [7, 11) is 3.13. The standard InChI is InChI=1S/C18H15F3N2O2/c1-23-9-8-11-4-3-5-13(16(11)23)17(24)22-14-10-12(18(19,20)21)6-7-15(14)25-2/h3-10H,1-2H3,(H,22,24). The lowest BCUT2D eigenvalue weighted by Gasteiger charge is -2.14. The van der Waals surface area contributed by atoms with Gasteiger partial charge in [0.15, 0.2) is 0 Å². The number of fused-ring (bicyclic) bond motifs is 1. The summed E-state index contributed by atoms with van der Waals surface area (Å²) in [6, 6.07) is 10.0. The van der Waals surface area contributed by atoms with Crippen LogP contribution >= 0.6 is 0 Å². The number of rotatable bonds is 3. The molecule has 0 atom stereocenters. The van der Waals surface area contributed by atoms with E-state index < -0.39 is 17.6 Å². The number of hydrogen-bond acceptors (Lipinski definition) is 2. The monoisotopic (exact) mass is 348 g/mol. The summed E-state index contributed by atoms with van der Waals surface area (Å²) in [6.07, 6.45) is -2.70. The van der Waals surface area contributed by atoms with Crippen LogP contribution in [-0.4, -0.2) is 17.6 Å². The minimum Gasteiger partial charge on any atom is -0.495 e. The van der Waals surface area contributed by atoms with Crippen molar-refractivity contribution in [2.24, 2.45) is 7.05 Å². The van der Waals surface area contributed by atoms with Gasteiger partial charge in [-0.1, -0.05) is 12.1 Å². The van der Waals surface area contributed by atoms with Gasteiger partial charge in [-0.25, -0.2) is 0 Å². The molecule has 0 bridgehead atoms. The van der Waals surface area contributed by atoms with Gasteiger partial charge in [0, 0.05) is 18.6 Å². The molecule has 0 aliphatic rings. The number of methoxy groups -OCH3 is 1. The number of nitrogens with zero attached hydrogens (tertiary/aromatic N) is 1. The van der Waals surface area contributed by atoms with E-state index in [1.54, 1.807) is 23.7 Å². The molecule has 7 heteroatoms. The highest BCUT2D eigenvalue weighted by atomic mass is 19.4. The van der Waals surface area contributed by atoms with Crippen LogP contribution in [0.5, 0.6) is 5.75 Å². The molecule has 1 N–H and O–H groups in total. The van der Waals surface area contributed by atoms with Crippen molar-refractivity contribution in [1.82, 2.24) is 4.57 Å². The van der Waals surface area contributed by atoms with Crippen LogP contribution in [0.3, 0.4) is 0 Å². The summed E-state index contributed by atoms with van der Waals surface area (Å²) in [5, 5.41) is 3.39. The molecule has 0 spiro atoms. The molecule has 3 aromatic rings. The highest BCUT2D eigenvalue weighted by molar-refractivity contribution is 6.12. The lowest BCUT2D eigenvalue weighted by atomic mass is 10.1. The predicted molar refractivity (Wildman–Crippen MR) is 88.9 cm³/mol. The third kappa shape index (κ3) is 3.17. The van der Waals surface area contributed by atoms with Crippen LogP contribution in [0, 0.1) is 0 Å². The first kappa shape index (κ1) is 16.9. The van der Waals surface area contributed by atoms with Gasteiger partial charge in [-0.05, 0) is 30.3 Å². The third-order valence-electron chi connectivity index (χ3n) is 3.92. The number of anilines is 1. The average molecular weight is 348 g/mol. The maximum atomic E-state index is 12.9. The van der Waals surface area contributed by atoms with E-state index in [-0.39, 0.29) is 11.4 Å². The number of halogens is 3. The van der Waals surface area contributed by atoms with Crippen molar-refractivity contribution in [3.8, 4) is 5.75 Å². The number of alkyl halides is 3. The minimum absolute atomic E-state index is 0.0338. The van der Waals surface area contributed by atoms with Gasteiger partial charge in [-0.2, -0.15) is 13.2 Å². The van der Waals surface area contributed by atoms with Gasteiger partial charge in [-0.15, -0.1) is 0 Å². The predicted octanol–water partition coefficient (Wildman–Crippen LogP) is 4.46. The largest absolute Gasteiger partial charge is 0.495 e. The first-order valence-electron chi connectivity index (χ1n) is 7.42. The Morgan fingerprint density at radius 1 is 1.16 bits per heavy atom. The fourth-order valence-electron chi connectivity index (χ4n) is 2.71. The molecule has 130 valence electrons. The molecule has 3 rings (SSSR count). The zero-order valence-electron chi connectivity index (χ0n) is 13.5. The number of ether oxygens (including phenoxy) is 1. The second-order valence-electron chi connectivity index (χ2n) is 5.54. The first-order valence-corrected chi connectivity index (χ1v) is 7.42. The molecular weight excluding hydrogens is 333 g/mol. The van der Waals surface area contributed by atoms with Crippen LogP contribution in [0.25, 0.3) is 10.9 Å². The van der Waals surface area contributed by atoms with Crippen LogP contribution in [0.1, 0.15) is 15.9 Å². The van der Waals surface area contributed by atoms with E-state index in [9.17, 15) is 18.0 Å². The molecule has 0 radical (unpaired) electrons. The highest BCUT2D eigenvalue weighted by Crippen LogP contribution is 2.35. The highest BCUT2D eigenvalue weighted by Gasteiger charge is 2.31. The van der Waals surface area contributed by atoms with Crippen LogP contribution < -0.4 is 10.1 Å². The Morgan fingerprint density at radius 3 is 2.60 bits per heavy atom. The molecule has 1 heterocycles. The molecular formula is C18H15F3N2O2. The Hall–Kier alpha value is -2.96. The lowest BCUT2D eigenvalue weighted by Crippen LogP contribution is -2.15. The summed E-state index contributed by atoms with van der Waals surface area (Å²) in [6.45, 7) is 0. The summed E-state index contributed by atoms with van der Waals surface area (Å²) in [4.78, 5) is 12.6. The average Bonchev–Trinajstić information content (AvgIpc) is 2.95. The quantitative estimate of drug-likeness (QED) is 0.759. The van der Waals surface area contributed by atoms with Crippen molar-refractivity contribution in [1.29, 1.82) is 0 Å². The van der Waals surface area contributed by atoms with Crippen molar-refractivity contribution >= 4 is 22.5 Å². The number of para-hydroxylation sites is 1. The second-order valence-corrected chi connectivity index (χ2v) is 5.54. The molecule has 0 saturated carbocycles. The van der Waals surface area contributed by atoms with Crippen molar-refractivity contribution in [3.05, 3.63) is 59.8 Å². The van der Waals surface area contributed by atoms with E-state index in [0.29, 0.717) is 11.1 Å². The molecule has 2 aromatic carbocycles. The van der Waals surface area contributed by atoms with Crippen molar-refractivity contribution < 1.29 is 22.7 Å². The second kappa shape index (κ2) is 6.16. The fourth-order valence-corrected chi connectivity index (χ4v) is 2.71. The molecule has 0 unspecified atom stereocenters. The van der Waals surface area contributed by atoms with Crippen molar-refractivity contribution in [2.45, 2.75) is 6.18 Å². The summed E-state index contributed by atoms with van der Waals surface area (Å²) >= 11 is 0. The summed E-state index contributed by atoms with van der Waals surface area (Å²) in [5.74, 6) is -0.356. The van der Waals surface area contributed by atoms with Gasteiger partial charge in [0.1, 0.15) is 5.75 Å². The van der Waals surface area contributed by atoms with Gasteiger partial charge in [0.25, 0.3) is 5.91 Å². The zero-order chi connectivity index (χ0) is 18.2. The number of benzene rings is 2. The van der Waals surface area contributed by atoms with Gasteiger partial charge >= 0.3 is 6.18 Å². The van der Waals surface area contributed by atoms with E-state index in [0.717, 1.165) is 17.5 Å². The number of carbonyl (C=O) groups excluding carboxylic acids is 1. The first-order chi connectivity index (χ1) is 11.8. The molecule has 1 amide bonds. The van der Waals surface area contributed by atoms with Crippen LogP contribution in [0.2, 0.25) is 0 Å². The van der Waals surface area contributed by atoms with Crippen LogP contribution in [0.4, 0.5) is 18.9 Å². The van der Waals surface area contributed by atoms with Crippen molar-refractivity contribution in [2.75, 3.05) is 12.4 Å². The van der Waals surface area contributed by atoms with E-state index in [4.69, 9.17) is 4.74 Å². The number of aryl methyl sites for hydroxylation is 1. The summed E-state index contributed by atoms with van der Waals surface area (Å²) < 4.78 is 45.6. The molecule has 0 aliphatic carbocycles. The lowest BCUT2D eigenvalue weighted by molar-refractivity contribution is -0.137. The smallest absolute Gasteiger partial charge is 0.416 e. The van der Waals surface area contributed by atoms with Crippen LogP contribution in [-0.2, 0) is 13.2 Å². The molecule has 4 nitrogen and oxygen atoms in total. The third-order valence-corrected chi connectivity index (χ3v) is 3.92. The Morgan fingerprint density at radius 2 is 1.92 bits per heavy atom. The van der Waals surface area contributed by atoms with Gasteiger partial charge in [-0.3, -0.25) is 4.79 Å².